The van der Waals surface area contributed by atoms with Crippen molar-refractivity contribution in [2.24, 2.45) is 0 Å². The fourth-order valence-electron chi connectivity index (χ4n) is 0.832. The van der Waals surface area contributed by atoms with Gasteiger partial charge in [0.1, 0.15) is 0 Å². The maximum Gasteiger partial charge on any atom is 1.00 e. The Kier molecular flexibility index (Phi) is 6.28. The van der Waals surface area contributed by atoms with Crippen molar-refractivity contribution in [1.29, 1.82) is 0 Å². The molecule has 1 rings (SSSR count). The number of furan rings is 1. The molecule has 1 aromatic rings. The zero-order valence-electron chi connectivity index (χ0n) is 8.19. The van der Waals surface area contributed by atoms with Gasteiger partial charge in [-0.15, -0.1) is 0 Å². The van der Waals surface area contributed by atoms with Gasteiger partial charge in [0.15, 0.2) is 0 Å². The molecule has 0 unspecified atom stereocenters. The molecule has 1 heterocycles. The summed E-state index contributed by atoms with van der Waals surface area (Å²) in [5, 5.41) is 10.1. The fourth-order valence-corrected chi connectivity index (χ4v) is 0.832. The van der Waals surface area contributed by atoms with Gasteiger partial charge in [-0.05, 0) is 24.6 Å². The Balaban J connectivity index is 0.00000169. The number of carboxylic acid groups (broad SMARTS) is 1. The summed E-state index contributed by atoms with van der Waals surface area (Å²) >= 11 is 0. The van der Waals surface area contributed by atoms with Crippen molar-refractivity contribution in [2.75, 3.05) is 0 Å². The van der Waals surface area contributed by atoms with E-state index in [9.17, 15) is 9.90 Å². The predicted octanol–water partition coefficient (Wildman–Crippen LogP) is -2.01. The van der Waals surface area contributed by atoms with Gasteiger partial charge in [0.25, 0.3) is 0 Å². The third-order valence-corrected chi connectivity index (χ3v) is 1.43. The molecule has 0 aliphatic heterocycles. The van der Waals surface area contributed by atoms with E-state index in [1.165, 1.54) is 0 Å². The van der Waals surface area contributed by atoms with E-state index in [2.05, 4.69) is 0 Å². The van der Waals surface area contributed by atoms with Crippen molar-refractivity contribution in [2.45, 2.75) is 6.92 Å². The molecule has 4 heteroatoms. The van der Waals surface area contributed by atoms with Gasteiger partial charge in [-0.1, -0.05) is 12.2 Å². The summed E-state index contributed by atoms with van der Waals surface area (Å²) in [7, 11) is 0. The molecule has 0 aliphatic rings. The van der Waals surface area contributed by atoms with E-state index in [1.807, 2.05) is 0 Å². The van der Waals surface area contributed by atoms with Crippen molar-refractivity contribution in [3.63, 3.8) is 0 Å². The quantitative estimate of drug-likeness (QED) is 0.322. The van der Waals surface area contributed by atoms with Crippen LogP contribution in [0.3, 0.4) is 0 Å². The average Bonchev–Trinajstić information content (AvgIpc) is 2.51. The molecular weight excluding hydrogens is 191 g/mol. The smallest absolute Gasteiger partial charge is 0.545 e. The van der Waals surface area contributed by atoms with Crippen LogP contribution in [0.5, 0.6) is 0 Å². The Morgan fingerprint density at radius 3 is 2.79 bits per heavy atom. The minimum atomic E-state index is -1.19. The first-order valence-electron chi connectivity index (χ1n) is 3.78. The number of carbonyl (C=O) groups is 1. The summed E-state index contributed by atoms with van der Waals surface area (Å²) in [5.41, 5.74) is 1.52. The summed E-state index contributed by atoms with van der Waals surface area (Å²) in [6, 6.07) is 1.78. The van der Waals surface area contributed by atoms with Gasteiger partial charge in [-0.2, -0.15) is 0 Å². The molecule has 3 nitrogen and oxygen atoms in total. The SMILES string of the molecule is CC(=C/C(=O)[O-])/C=C/c1ccoc1.[Na+]. The fraction of sp³-hybridized carbons (Fsp3) is 0.100. The minimum absolute atomic E-state index is 0. The second kappa shape index (κ2) is 6.65. The minimum Gasteiger partial charge on any atom is -0.545 e. The molecule has 68 valence electrons. The van der Waals surface area contributed by atoms with E-state index in [0.717, 1.165) is 11.6 Å². The van der Waals surface area contributed by atoms with Gasteiger partial charge in [0.05, 0.1) is 18.5 Å². The third-order valence-electron chi connectivity index (χ3n) is 1.43. The molecule has 0 amide bonds. The first kappa shape index (κ1) is 13.2. The Morgan fingerprint density at radius 2 is 2.29 bits per heavy atom. The van der Waals surface area contributed by atoms with E-state index in [-0.39, 0.29) is 29.6 Å². The van der Waals surface area contributed by atoms with Crippen molar-refractivity contribution in [3.05, 3.63) is 41.9 Å². The van der Waals surface area contributed by atoms with Gasteiger partial charge in [-0.25, -0.2) is 0 Å². The standard InChI is InChI=1S/C10H10O3.Na/c1-8(6-10(11)12)2-3-9-4-5-13-7-9;/h2-7H,1H3,(H,11,12);/q;+1/p-1/b3-2+,8-6-;. The molecule has 0 aliphatic carbocycles. The molecule has 0 spiro atoms. The van der Waals surface area contributed by atoms with Crippen molar-refractivity contribution >= 4 is 12.0 Å². The van der Waals surface area contributed by atoms with Crippen LogP contribution in [0.1, 0.15) is 12.5 Å². The van der Waals surface area contributed by atoms with E-state index < -0.39 is 5.97 Å². The number of hydrogen-bond donors (Lipinski definition) is 0. The number of rotatable bonds is 3. The molecular formula is C10H9NaO3. The zero-order valence-corrected chi connectivity index (χ0v) is 10.2. The second-order valence-corrected chi connectivity index (χ2v) is 2.60. The normalized spacial score (nSPS) is 11.4. The van der Waals surface area contributed by atoms with Gasteiger partial charge < -0.3 is 14.3 Å². The van der Waals surface area contributed by atoms with Gasteiger partial charge in [0.2, 0.25) is 0 Å². The Morgan fingerprint density at radius 1 is 1.57 bits per heavy atom. The monoisotopic (exact) mass is 200 g/mol. The van der Waals surface area contributed by atoms with Crippen LogP contribution in [-0.4, -0.2) is 5.97 Å². The second-order valence-electron chi connectivity index (χ2n) is 2.60. The first-order valence-corrected chi connectivity index (χ1v) is 3.78. The summed E-state index contributed by atoms with van der Waals surface area (Å²) in [6.45, 7) is 1.69. The third kappa shape index (κ3) is 5.07. The molecule has 0 radical (unpaired) electrons. The number of carbonyl (C=O) groups excluding carboxylic acids is 1. The molecule has 0 atom stereocenters. The van der Waals surface area contributed by atoms with Gasteiger partial charge >= 0.3 is 29.6 Å². The van der Waals surface area contributed by atoms with Crippen molar-refractivity contribution in [1.82, 2.24) is 0 Å². The Labute approximate surface area is 104 Å². The average molecular weight is 200 g/mol. The number of hydrogen-bond acceptors (Lipinski definition) is 3. The Bertz CT molecular complexity index is 336. The van der Waals surface area contributed by atoms with Crippen LogP contribution in [-0.2, 0) is 4.79 Å². The largest absolute Gasteiger partial charge is 1.00 e. The summed E-state index contributed by atoms with van der Waals surface area (Å²) in [6.07, 6.45) is 7.61. The van der Waals surface area contributed by atoms with E-state index in [1.54, 1.807) is 37.7 Å². The predicted molar refractivity (Wildman–Crippen MR) is 46.5 cm³/mol. The van der Waals surface area contributed by atoms with Crippen LogP contribution in [0.15, 0.2) is 40.7 Å². The molecule has 0 saturated heterocycles. The van der Waals surface area contributed by atoms with Crippen LogP contribution in [0.2, 0.25) is 0 Å². The molecule has 1 aromatic heterocycles. The maximum atomic E-state index is 10.1. The number of aliphatic carboxylic acids is 1. The van der Waals surface area contributed by atoms with Crippen LogP contribution >= 0.6 is 0 Å². The van der Waals surface area contributed by atoms with E-state index >= 15 is 0 Å². The summed E-state index contributed by atoms with van der Waals surface area (Å²) in [5.74, 6) is -1.19. The molecule has 14 heavy (non-hydrogen) atoms. The van der Waals surface area contributed by atoms with E-state index in [4.69, 9.17) is 4.42 Å². The van der Waals surface area contributed by atoms with Crippen LogP contribution in [0.25, 0.3) is 6.08 Å². The molecule has 0 bridgehead atoms. The zero-order chi connectivity index (χ0) is 9.68. The molecule has 0 N–H and O–H groups in total. The summed E-state index contributed by atoms with van der Waals surface area (Å²) in [4.78, 5) is 10.1. The number of allylic oxidation sites excluding steroid dienone is 2. The van der Waals surface area contributed by atoms with Crippen LogP contribution in [0.4, 0.5) is 0 Å². The molecule has 0 fully saturated rings. The topological polar surface area (TPSA) is 53.3 Å². The first-order chi connectivity index (χ1) is 6.18. The molecule has 0 saturated carbocycles. The van der Waals surface area contributed by atoms with E-state index in [0.29, 0.717) is 5.57 Å². The van der Waals surface area contributed by atoms with Crippen LogP contribution < -0.4 is 34.7 Å². The van der Waals surface area contributed by atoms with Crippen molar-refractivity contribution in [3.8, 4) is 0 Å². The summed E-state index contributed by atoms with van der Waals surface area (Å²) < 4.78 is 4.83. The van der Waals surface area contributed by atoms with Crippen molar-refractivity contribution < 1.29 is 43.9 Å². The van der Waals surface area contributed by atoms with Gasteiger partial charge in [-0.3, -0.25) is 0 Å². The van der Waals surface area contributed by atoms with Gasteiger partial charge in [0, 0.05) is 5.56 Å². The number of carboxylic acids is 1. The van der Waals surface area contributed by atoms with Crippen LogP contribution in [0, 0.1) is 0 Å². The molecule has 0 aromatic carbocycles. The maximum absolute atomic E-state index is 10.1. The Hall–Kier alpha value is -0.770.